The van der Waals surface area contributed by atoms with Gasteiger partial charge in [0.15, 0.2) is 0 Å². The first-order valence-corrected chi connectivity index (χ1v) is 9.99. The van der Waals surface area contributed by atoms with Gasteiger partial charge in [-0.1, -0.05) is 11.6 Å². The Morgan fingerprint density at radius 3 is 2.64 bits per heavy atom. The number of amides is 1. The zero-order valence-corrected chi connectivity index (χ0v) is 15.2. The fourth-order valence-corrected chi connectivity index (χ4v) is 4.75. The van der Waals surface area contributed by atoms with Crippen molar-refractivity contribution in [3.05, 3.63) is 52.5 Å². The Labute approximate surface area is 151 Å². The summed E-state index contributed by atoms with van der Waals surface area (Å²) in [5.41, 5.74) is 3.39. The Morgan fingerprint density at radius 2 is 1.92 bits per heavy atom. The number of anilines is 2. The normalized spacial score (nSPS) is 19.0. The SMILES string of the molecule is C[C@@H]1C(=O)N2CCCc3cc(NS(=O)(=O)c4ccc(Cl)cc4)cc1c32. The minimum atomic E-state index is -3.71. The maximum absolute atomic E-state index is 12.6. The molecule has 0 spiro atoms. The van der Waals surface area contributed by atoms with Crippen LogP contribution in [-0.2, 0) is 21.2 Å². The van der Waals surface area contributed by atoms with E-state index in [0.717, 1.165) is 36.2 Å². The van der Waals surface area contributed by atoms with Crippen LogP contribution in [-0.4, -0.2) is 20.9 Å². The fourth-order valence-electron chi connectivity index (χ4n) is 3.58. The molecule has 2 aliphatic rings. The molecule has 0 aliphatic carbocycles. The summed E-state index contributed by atoms with van der Waals surface area (Å²) in [5.74, 6) is -0.152. The van der Waals surface area contributed by atoms with Crippen LogP contribution in [0.5, 0.6) is 0 Å². The molecule has 7 heteroatoms. The van der Waals surface area contributed by atoms with Crippen molar-refractivity contribution < 1.29 is 13.2 Å². The number of nitrogens with one attached hydrogen (secondary N) is 1. The number of benzene rings is 2. The standard InChI is InChI=1S/C18H17ClN2O3S/c1-11-16-10-14(9-12-3-2-8-21(17(12)16)18(11)22)20-25(23,24)15-6-4-13(19)5-7-15/h4-7,9-11,20H,2-3,8H2,1H3/t11-/m0/s1. The smallest absolute Gasteiger partial charge is 0.261 e. The van der Waals surface area contributed by atoms with Crippen molar-refractivity contribution in [2.75, 3.05) is 16.2 Å². The van der Waals surface area contributed by atoms with E-state index in [0.29, 0.717) is 10.7 Å². The molecule has 2 aromatic carbocycles. The van der Waals surface area contributed by atoms with E-state index >= 15 is 0 Å². The molecule has 1 N–H and O–H groups in total. The molecule has 0 saturated heterocycles. The minimum Gasteiger partial charge on any atom is -0.311 e. The molecule has 0 fully saturated rings. The van der Waals surface area contributed by atoms with Crippen molar-refractivity contribution in [3.8, 4) is 0 Å². The number of nitrogens with zero attached hydrogens (tertiary/aromatic N) is 1. The van der Waals surface area contributed by atoms with Crippen LogP contribution >= 0.6 is 11.6 Å². The third-order valence-corrected chi connectivity index (χ3v) is 6.44. The first-order chi connectivity index (χ1) is 11.9. The summed E-state index contributed by atoms with van der Waals surface area (Å²) in [7, 11) is -3.71. The Bertz CT molecular complexity index is 971. The van der Waals surface area contributed by atoms with Gasteiger partial charge in [-0.15, -0.1) is 0 Å². The van der Waals surface area contributed by atoms with Gasteiger partial charge in [-0.25, -0.2) is 8.42 Å². The molecule has 0 radical (unpaired) electrons. The third kappa shape index (κ3) is 2.69. The highest BCUT2D eigenvalue weighted by Gasteiger charge is 2.38. The van der Waals surface area contributed by atoms with Crippen LogP contribution in [0.4, 0.5) is 11.4 Å². The Morgan fingerprint density at radius 1 is 1.20 bits per heavy atom. The average molecular weight is 377 g/mol. The van der Waals surface area contributed by atoms with E-state index in [4.69, 9.17) is 11.6 Å². The zero-order chi connectivity index (χ0) is 17.8. The van der Waals surface area contributed by atoms with Gasteiger partial charge in [-0.3, -0.25) is 9.52 Å². The highest BCUT2D eigenvalue weighted by atomic mass is 35.5. The molecule has 1 atom stereocenters. The molecule has 130 valence electrons. The van der Waals surface area contributed by atoms with E-state index in [9.17, 15) is 13.2 Å². The lowest BCUT2D eigenvalue weighted by Crippen LogP contribution is -2.32. The number of hydrogen-bond donors (Lipinski definition) is 1. The molecule has 5 nitrogen and oxygen atoms in total. The predicted molar refractivity (Wildman–Crippen MR) is 97.8 cm³/mol. The van der Waals surface area contributed by atoms with Gasteiger partial charge in [0.2, 0.25) is 5.91 Å². The number of carbonyl (C=O) groups is 1. The van der Waals surface area contributed by atoms with Crippen LogP contribution in [0, 0.1) is 0 Å². The maximum atomic E-state index is 12.6. The molecule has 2 heterocycles. The van der Waals surface area contributed by atoms with Crippen molar-refractivity contribution in [1.82, 2.24) is 0 Å². The summed E-state index contributed by atoms with van der Waals surface area (Å²) < 4.78 is 27.8. The van der Waals surface area contributed by atoms with Crippen LogP contribution in [0.2, 0.25) is 5.02 Å². The Balaban J connectivity index is 1.73. The summed E-state index contributed by atoms with van der Waals surface area (Å²) in [6, 6.07) is 9.64. The third-order valence-electron chi connectivity index (χ3n) is 4.80. The van der Waals surface area contributed by atoms with Crippen molar-refractivity contribution in [3.63, 3.8) is 0 Å². The van der Waals surface area contributed by atoms with E-state index in [-0.39, 0.29) is 16.7 Å². The number of hydrogen-bond acceptors (Lipinski definition) is 3. The van der Waals surface area contributed by atoms with Gasteiger partial charge in [0.1, 0.15) is 0 Å². The van der Waals surface area contributed by atoms with Crippen LogP contribution in [0.25, 0.3) is 0 Å². The van der Waals surface area contributed by atoms with E-state index < -0.39 is 10.0 Å². The van der Waals surface area contributed by atoms with Crippen molar-refractivity contribution in [2.45, 2.75) is 30.6 Å². The first-order valence-electron chi connectivity index (χ1n) is 8.13. The quantitative estimate of drug-likeness (QED) is 0.890. The maximum Gasteiger partial charge on any atom is 0.261 e. The highest BCUT2D eigenvalue weighted by molar-refractivity contribution is 7.92. The molecule has 0 aromatic heterocycles. The summed E-state index contributed by atoms with van der Waals surface area (Å²) in [6.45, 7) is 2.60. The van der Waals surface area contributed by atoms with Gasteiger partial charge in [-0.2, -0.15) is 0 Å². The molecule has 0 bridgehead atoms. The van der Waals surface area contributed by atoms with Gasteiger partial charge < -0.3 is 4.90 Å². The second kappa shape index (κ2) is 5.75. The molecule has 1 amide bonds. The number of sulfonamides is 1. The van der Waals surface area contributed by atoms with E-state index in [1.54, 1.807) is 18.2 Å². The topological polar surface area (TPSA) is 66.5 Å². The second-order valence-corrected chi connectivity index (χ2v) is 8.57. The summed E-state index contributed by atoms with van der Waals surface area (Å²) in [4.78, 5) is 14.4. The van der Waals surface area contributed by atoms with E-state index in [1.807, 2.05) is 17.9 Å². The van der Waals surface area contributed by atoms with Crippen LogP contribution in [0.1, 0.15) is 30.4 Å². The number of halogens is 1. The molecule has 2 aromatic rings. The number of rotatable bonds is 3. The van der Waals surface area contributed by atoms with Crippen LogP contribution in [0.3, 0.4) is 0 Å². The Hall–Kier alpha value is -2.05. The molecular weight excluding hydrogens is 360 g/mol. The summed E-state index contributed by atoms with van der Waals surface area (Å²) >= 11 is 5.82. The first kappa shape index (κ1) is 16.4. The largest absolute Gasteiger partial charge is 0.311 e. The van der Waals surface area contributed by atoms with Gasteiger partial charge >= 0.3 is 0 Å². The summed E-state index contributed by atoms with van der Waals surface area (Å²) in [6.07, 6.45) is 1.73. The molecule has 4 rings (SSSR count). The monoisotopic (exact) mass is 376 g/mol. The molecule has 2 aliphatic heterocycles. The molecule has 0 unspecified atom stereocenters. The van der Waals surface area contributed by atoms with E-state index in [2.05, 4.69) is 4.72 Å². The van der Waals surface area contributed by atoms with E-state index in [1.165, 1.54) is 12.1 Å². The molecule has 25 heavy (non-hydrogen) atoms. The van der Waals surface area contributed by atoms with Gasteiger partial charge in [-0.05, 0) is 67.3 Å². The zero-order valence-electron chi connectivity index (χ0n) is 13.6. The van der Waals surface area contributed by atoms with Crippen molar-refractivity contribution in [1.29, 1.82) is 0 Å². The predicted octanol–water partition coefficient (Wildman–Crippen LogP) is 3.54. The van der Waals surface area contributed by atoms with Crippen LogP contribution in [0.15, 0.2) is 41.3 Å². The Kier molecular flexibility index (Phi) is 3.77. The average Bonchev–Trinajstić information content (AvgIpc) is 2.82. The lowest BCUT2D eigenvalue weighted by molar-refractivity contribution is -0.119. The summed E-state index contributed by atoms with van der Waals surface area (Å²) in [5, 5.41) is 0.480. The highest BCUT2D eigenvalue weighted by Crippen LogP contribution is 2.44. The van der Waals surface area contributed by atoms with Gasteiger partial charge in [0.05, 0.1) is 16.5 Å². The lowest BCUT2D eigenvalue weighted by Gasteiger charge is -2.26. The lowest BCUT2D eigenvalue weighted by atomic mass is 9.96. The van der Waals surface area contributed by atoms with Crippen LogP contribution < -0.4 is 9.62 Å². The molecule has 0 saturated carbocycles. The fraction of sp³-hybridized carbons (Fsp3) is 0.278. The van der Waals surface area contributed by atoms with Crippen molar-refractivity contribution >= 4 is 38.9 Å². The minimum absolute atomic E-state index is 0.0914. The molecular formula is C18H17ClN2O3S. The number of aryl methyl sites for hydroxylation is 1. The van der Waals surface area contributed by atoms with Gasteiger partial charge in [0.25, 0.3) is 10.0 Å². The second-order valence-electron chi connectivity index (χ2n) is 6.45. The van der Waals surface area contributed by atoms with Crippen molar-refractivity contribution in [2.24, 2.45) is 0 Å². The number of carbonyl (C=O) groups excluding carboxylic acids is 1. The van der Waals surface area contributed by atoms with Gasteiger partial charge in [0, 0.05) is 17.3 Å².